The van der Waals surface area contributed by atoms with Crippen molar-refractivity contribution in [2.75, 3.05) is 33.8 Å². The first-order valence-corrected chi connectivity index (χ1v) is 7.75. The van der Waals surface area contributed by atoms with Gasteiger partial charge in [-0.05, 0) is 37.1 Å². The smallest absolute Gasteiger partial charge is 0.223 e. The molecule has 21 heavy (non-hydrogen) atoms. The van der Waals surface area contributed by atoms with Gasteiger partial charge in [0.05, 0.1) is 7.11 Å². The predicted octanol–water partition coefficient (Wildman–Crippen LogP) is 2.48. The van der Waals surface area contributed by atoms with Crippen LogP contribution >= 0.6 is 0 Å². The van der Waals surface area contributed by atoms with E-state index in [9.17, 15) is 4.79 Å². The number of hydrogen-bond donors (Lipinski definition) is 1. The lowest BCUT2D eigenvalue weighted by atomic mass is 10.1. The molecule has 0 aliphatic rings. The summed E-state index contributed by atoms with van der Waals surface area (Å²) < 4.78 is 5.20. The second-order valence-electron chi connectivity index (χ2n) is 5.27. The zero-order chi connectivity index (χ0) is 15.5. The number of carbonyl (C=O) groups is 1. The minimum atomic E-state index is 0.220. The summed E-state index contributed by atoms with van der Waals surface area (Å²) >= 11 is 0. The Hall–Kier alpha value is -1.55. The molecular weight excluding hydrogens is 264 g/mol. The van der Waals surface area contributed by atoms with Gasteiger partial charge in [0.2, 0.25) is 5.91 Å². The van der Waals surface area contributed by atoms with E-state index in [1.54, 1.807) is 7.11 Å². The van der Waals surface area contributed by atoms with E-state index in [2.05, 4.69) is 18.3 Å². The van der Waals surface area contributed by atoms with Crippen LogP contribution in [0.3, 0.4) is 0 Å². The second-order valence-corrected chi connectivity index (χ2v) is 5.27. The molecule has 0 aromatic heterocycles. The van der Waals surface area contributed by atoms with E-state index in [0.29, 0.717) is 6.42 Å². The fraction of sp³-hybridized carbons (Fsp3) is 0.588. The van der Waals surface area contributed by atoms with E-state index in [4.69, 9.17) is 4.74 Å². The summed E-state index contributed by atoms with van der Waals surface area (Å²) in [6.45, 7) is 4.61. The van der Waals surface area contributed by atoms with Crippen molar-refractivity contribution in [3.05, 3.63) is 29.8 Å². The van der Waals surface area contributed by atoms with Crippen LogP contribution < -0.4 is 10.1 Å². The minimum Gasteiger partial charge on any atom is -0.497 e. The molecule has 0 unspecified atom stereocenters. The van der Waals surface area contributed by atoms with Crippen molar-refractivity contribution in [3.8, 4) is 5.75 Å². The van der Waals surface area contributed by atoms with Gasteiger partial charge < -0.3 is 15.0 Å². The molecule has 118 valence electrons. The number of nitrogens with one attached hydrogen (secondary N) is 1. The zero-order valence-corrected chi connectivity index (χ0v) is 13.5. The highest BCUT2D eigenvalue weighted by Crippen LogP contribution is 2.12. The van der Waals surface area contributed by atoms with Gasteiger partial charge in [-0.25, -0.2) is 0 Å². The summed E-state index contributed by atoms with van der Waals surface area (Å²) in [6, 6.07) is 8.08. The molecule has 0 aliphatic heterocycles. The number of benzene rings is 1. The average Bonchev–Trinajstić information content (AvgIpc) is 2.52. The lowest BCUT2D eigenvalue weighted by Gasteiger charge is -2.16. The second kappa shape index (κ2) is 10.2. The van der Waals surface area contributed by atoms with Gasteiger partial charge in [-0.15, -0.1) is 0 Å². The largest absolute Gasteiger partial charge is 0.497 e. The first-order chi connectivity index (χ1) is 10.2. The summed E-state index contributed by atoms with van der Waals surface area (Å²) in [4.78, 5) is 13.7. The van der Waals surface area contributed by atoms with Crippen molar-refractivity contribution < 1.29 is 9.53 Å². The Morgan fingerprint density at radius 1 is 1.33 bits per heavy atom. The Balaban J connectivity index is 2.15. The third-order valence-electron chi connectivity index (χ3n) is 3.51. The van der Waals surface area contributed by atoms with E-state index >= 15 is 0 Å². The standard InChI is InChI=1S/C17H28N2O2/c1-4-5-13-19(2)17(20)10-12-18-11-9-15-7-6-8-16(14-15)21-3/h6-8,14,18H,4-5,9-13H2,1-3H3. The molecule has 1 aromatic rings. The number of carbonyl (C=O) groups excluding carboxylic acids is 1. The molecule has 0 atom stereocenters. The van der Waals surface area contributed by atoms with Crippen LogP contribution in [0.1, 0.15) is 31.7 Å². The molecule has 1 N–H and O–H groups in total. The van der Waals surface area contributed by atoms with Crippen molar-refractivity contribution in [2.24, 2.45) is 0 Å². The van der Waals surface area contributed by atoms with Crippen LogP contribution in [-0.4, -0.2) is 44.6 Å². The number of unbranched alkanes of at least 4 members (excludes halogenated alkanes) is 1. The van der Waals surface area contributed by atoms with Gasteiger partial charge in [0.1, 0.15) is 5.75 Å². The molecule has 1 rings (SSSR count). The van der Waals surface area contributed by atoms with Crippen LogP contribution in [0.25, 0.3) is 0 Å². The van der Waals surface area contributed by atoms with Crippen molar-refractivity contribution >= 4 is 5.91 Å². The minimum absolute atomic E-state index is 0.220. The molecule has 4 heteroatoms. The molecular formula is C17H28N2O2. The monoisotopic (exact) mass is 292 g/mol. The molecule has 4 nitrogen and oxygen atoms in total. The highest BCUT2D eigenvalue weighted by atomic mass is 16.5. The highest BCUT2D eigenvalue weighted by Gasteiger charge is 2.06. The molecule has 0 saturated heterocycles. The van der Waals surface area contributed by atoms with E-state index in [1.165, 1.54) is 5.56 Å². The molecule has 0 radical (unpaired) electrons. The quantitative estimate of drug-likeness (QED) is 0.674. The maximum atomic E-state index is 11.8. The van der Waals surface area contributed by atoms with Crippen LogP contribution in [0, 0.1) is 0 Å². The number of amides is 1. The Morgan fingerprint density at radius 3 is 2.86 bits per heavy atom. The van der Waals surface area contributed by atoms with Crippen LogP contribution in [-0.2, 0) is 11.2 Å². The Bertz CT molecular complexity index is 421. The van der Waals surface area contributed by atoms with E-state index in [0.717, 1.165) is 44.6 Å². The fourth-order valence-electron chi connectivity index (χ4n) is 2.09. The molecule has 0 heterocycles. The van der Waals surface area contributed by atoms with Gasteiger partial charge in [0.15, 0.2) is 0 Å². The first-order valence-electron chi connectivity index (χ1n) is 7.75. The SMILES string of the molecule is CCCCN(C)C(=O)CCNCCc1cccc(OC)c1. The third kappa shape index (κ3) is 7.14. The molecule has 0 spiro atoms. The normalized spacial score (nSPS) is 10.4. The fourth-order valence-corrected chi connectivity index (χ4v) is 2.09. The number of hydrogen-bond acceptors (Lipinski definition) is 3. The maximum Gasteiger partial charge on any atom is 0.223 e. The third-order valence-corrected chi connectivity index (χ3v) is 3.51. The Kier molecular flexibility index (Phi) is 8.51. The molecule has 1 aromatic carbocycles. The van der Waals surface area contributed by atoms with Crippen LogP contribution in [0.2, 0.25) is 0 Å². The predicted molar refractivity (Wildman–Crippen MR) is 86.7 cm³/mol. The lowest BCUT2D eigenvalue weighted by molar-refractivity contribution is -0.129. The van der Waals surface area contributed by atoms with E-state index in [1.807, 2.05) is 30.1 Å². The van der Waals surface area contributed by atoms with Gasteiger partial charge >= 0.3 is 0 Å². The molecule has 0 aliphatic carbocycles. The van der Waals surface area contributed by atoms with Gasteiger partial charge in [-0.3, -0.25) is 4.79 Å². The number of rotatable bonds is 10. The van der Waals surface area contributed by atoms with Gasteiger partial charge in [-0.1, -0.05) is 25.5 Å². The van der Waals surface area contributed by atoms with Gasteiger partial charge in [-0.2, -0.15) is 0 Å². The van der Waals surface area contributed by atoms with Gasteiger partial charge in [0.25, 0.3) is 0 Å². The van der Waals surface area contributed by atoms with Crippen LogP contribution in [0.4, 0.5) is 0 Å². The molecule has 0 saturated carbocycles. The van der Waals surface area contributed by atoms with Crippen molar-refractivity contribution in [1.29, 1.82) is 0 Å². The van der Waals surface area contributed by atoms with Crippen LogP contribution in [0.15, 0.2) is 24.3 Å². The lowest BCUT2D eigenvalue weighted by Crippen LogP contribution is -2.31. The van der Waals surface area contributed by atoms with Crippen molar-refractivity contribution in [3.63, 3.8) is 0 Å². The number of methoxy groups -OCH3 is 1. The number of ether oxygens (including phenoxy) is 1. The highest BCUT2D eigenvalue weighted by molar-refractivity contribution is 5.76. The number of nitrogens with zero attached hydrogens (tertiary/aromatic N) is 1. The molecule has 0 fully saturated rings. The molecule has 0 bridgehead atoms. The summed E-state index contributed by atoms with van der Waals surface area (Å²) in [5.74, 6) is 1.11. The van der Waals surface area contributed by atoms with Gasteiger partial charge in [0, 0.05) is 26.6 Å². The van der Waals surface area contributed by atoms with E-state index < -0.39 is 0 Å². The van der Waals surface area contributed by atoms with E-state index in [-0.39, 0.29) is 5.91 Å². The summed E-state index contributed by atoms with van der Waals surface area (Å²) in [5, 5.41) is 3.32. The maximum absolute atomic E-state index is 11.8. The summed E-state index contributed by atoms with van der Waals surface area (Å²) in [6.07, 6.45) is 3.71. The molecule has 1 amide bonds. The topological polar surface area (TPSA) is 41.6 Å². The van der Waals surface area contributed by atoms with Crippen molar-refractivity contribution in [2.45, 2.75) is 32.6 Å². The Labute approximate surface area is 128 Å². The average molecular weight is 292 g/mol. The Morgan fingerprint density at radius 2 is 2.14 bits per heavy atom. The first kappa shape index (κ1) is 17.5. The van der Waals surface area contributed by atoms with Crippen LogP contribution in [0.5, 0.6) is 5.75 Å². The summed E-state index contributed by atoms with van der Waals surface area (Å²) in [5.41, 5.74) is 1.24. The zero-order valence-electron chi connectivity index (χ0n) is 13.5. The summed E-state index contributed by atoms with van der Waals surface area (Å²) in [7, 11) is 3.56. The van der Waals surface area contributed by atoms with Crippen molar-refractivity contribution in [1.82, 2.24) is 10.2 Å².